The van der Waals surface area contributed by atoms with Crippen molar-refractivity contribution in [3.8, 4) is 11.5 Å². The fourth-order valence-electron chi connectivity index (χ4n) is 2.55. The Kier molecular flexibility index (Phi) is 5.15. The van der Waals surface area contributed by atoms with Crippen LogP contribution < -0.4 is 19.7 Å². The third-order valence-electron chi connectivity index (χ3n) is 3.69. The predicted octanol–water partition coefficient (Wildman–Crippen LogP) is 2.22. The van der Waals surface area contributed by atoms with Gasteiger partial charge >= 0.3 is 0 Å². The second-order valence-corrected chi connectivity index (χ2v) is 5.40. The molecule has 0 bridgehead atoms. The van der Waals surface area contributed by atoms with Crippen LogP contribution in [0.1, 0.15) is 0 Å². The fraction of sp³-hybridized carbons (Fsp3) is 0.278. The lowest BCUT2D eigenvalue weighted by Gasteiger charge is -2.31. The zero-order chi connectivity index (χ0) is 16.8. The molecule has 1 amide bonds. The van der Waals surface area contributed by atoms with Crippen molar-refractivity contribution in [1.29, 1.82) is 0 Å². The lowest BCUT2D eigenvalue weighted by Crippen LogP contribution is -2.40. The summed E-state index contributed by atoms with van der Waals surface area (Å²) >= 11 is 0. The van der Waals surface area contributed by atoms with E-state index in [0.29, 0.717) is 25.4 Å². The molecule has 0 fully saturated rings. The van der Waals surface area contributed by atoms with Crippen LogP contribution in [0.2, 0.25) is 0 Å². The minimum atomic E-state index is -0.390. The smallest absolute Gasteiger partial charge is 0.258 e. The summed E-state index contributed by atoms with van der Waals surface area (Å²) in [6.07, 6.45) is 0. The van der Waals surface area contributed by atoms with Crippen LogP contribution >= 0.6 is 0 Å². The van der Waals surface area contributed by atoms with Gasteiger partial charge in [0.15, 0.2) is 6.61 Å². The molecule has 24 heavy (non-hydrogen) atoms. The number of hydrogen-bond acceptors (Lipinski definition) is 4. The highest BCUT2D eigenvalue weighted by atomic mass is 19.1. The zero-order valence-corrected chi connectivity index (χ0v) is 13.2. The van der Waals surface area contributed by atoms with E-state index in [-0.39, 0.29) is 18.3 Å². The molecule has 5 nitrogen and oxygen atoms in total. The van der Waals surface area contributed by atoms with Gasteiger partial charge in [-0.25, -0.2) is 4.39 Å². The molecule has 0 spiro atoms. The quantitative estimate of drug-likeness (QED) is 0.882. The van der Waals surface area contributed by atoms with E-state index in [4.69, 9.17) is 9.47 Å². The Morgan fingerprint density at radius 3 is 3.00 bits per heavy atom. The predicted molar refractivity (Wildman–Crippen MR) is 89.1 cm³/mol. The highest BCUT2D eigenvalue weighted by Crippen LogP contribution is 2.30. The number of ether oxygens (including phenoxy) is 2. The maximum atomic E-state index is 13.0. The van der Waals surface area contributed by atoms with E-state index >= 15 is 0 Å². The maximum absolute atomic E-state index is 13.0. The topological polar surface area (TPSA) is 50.8 Å². The van der Waals surface area contributed by atoms with Gasteiger partial charge in [0.05, 0.1) is 12.2 Å². The molecule has 0 aromatic heterocycles. The lowest BCUT2D eigenvalue weighted by atomic mass is 10.2. The van der Waals surface area contributed by atoms with Crippen molar-refractivity contribution >= 4 is 11.6 Å². The maximum Gasteiger partial charge on any atom is 0.258 e. The molecule has 0 unspecified atom stereocenters. The molecule has 1 aliphatic rings. The number of halogens is 1. The number of amides is 1. The molecular weight excluding hydrogens is 311 g/mol. The normalized spacial score (nSPS) is 13.0. The molecule has 0 atom stereocenters. The summed E-state index contributed by atoms with van der Waals surface area (Å²) in [4.78, 5) is 14.0. The molecule has 0 saturated carbocycles. The van der Waals surface area contributed by atoms with Crippen LogP contribution in [0.5, 0.6) is 11.5 Å². The summed E-state index contributed by atoms with van der Waals surface area (Å²) in [6, 6.07) is 13.6. The molecule has 0 radical (unpaired) electrons. The first kappa shape index (κ1) is 16.1. The van der Waals surface area contributed by atoms with Gasteiger partial charge < -0.3 is 19.7 Å². The molecule has 1 aliphatic heterocycles. The van der Waals surface area contributed by atoms with Crippen molar-refractivity contribution in [2.24, 2.45) is 0 Å². The van der Waals surface area contributed by atoms with Gasteiger partial charge in [-0.05, 0) is 24.3 Å². The number of fused-ring (bicyclic) bond motifs is 1. The molecule has 2 aromatic rings. The number of anilines is 1. The fourth-order valence-corrected chi connectivity index (χ4v) is 2.55. The summed E-state index contributed by atoms with van der Waals surface area (Å²) in [7, 11) is 0. The van der Waals surface area contributed by atoms with Gasteiger partial charge in [-0.15, -0.1) is 0 Å². The Morgan fingerprint density at radius 1 is 1.25 bits per heavy atom. The second-order valence-electron chi connectivity index (χ2n) is 5.40. The molecule has 0 saturated heterocycles. The number of hydrogen-bond donors (Lipinski definition) is 1. The molecule has 2 aromatic carbocycles. The third-order valence-corrected chi connectivity index (χ3v) is 3.69. The van der Waals surface area contributed by atoms with E-state index in [1.54, 1.807) is 12.1 Å². The average molecular weight is 330 g/mol. The Labute approximate surface area is 140 Å². The summed E-state index contributed by atoms with van der Waals surface area (Å²) in [5.41, 5.74) is 1.04. The first-order valence-electron chi connectivity index (χ1n) is 7.84. The van der Waals surface area contributed by atoms with Crippen LogP contribution in [-0.4, -0.2) is 38.8 Å². The van der Waals surface area contributed by atoms with Crippen LogP contribution in [0.15, 0.2) is 48.5 Å². The number of carbonyl (C=O) groups excluding carboxylic acids is 1. The zero-order valence-electron chi connectivity index (χ0n) is 13.2. The van der Waals surface area contributed by atoms with Crippen molar-refractivity contribution in [3.05, 3.63) is 54.3 Å². The highest BCUT2D eigenvalue weighted by Gasteiger charge is 2.16. The minimum Gasteiger partial charge on any atom is -0.490 e. The van der Waals surface area contributed by atoms with Crippen LogP contribution in [0.3, 0.4) is 0 Å². The van der Waals surface area contributed by atoms with Crippen molar-refractivity contribution in [2.45, 2.75) is 0 Å². The van der Waals surface area contributed by atoms with E-state index in [0.717, 1.165) is 18.0 Å². The molecular formula is C18H19FN2O3. The van der Waals surface area contributed by atoms with Gasteiger partial charge in [-0.2, -0.15) is 0 Å². The summed E-state index contributed by atoms with van der Waals surface area (Å²) in [6.45, 7) is 2.47. The van der Waals surface area contributed by atoms with E-state index in [1.807, 2.05) is 24.3 Å². The summed E-state index contributed by atoms with van der Waals surface area (Å²) in [5.74, 6) is 0.580. The highest BCUT2D eigenvalue weighted by molar-refractivity contribution is 5.77. The van der Waals surface area contributed by atoms with E-state index in [9.17, 15) is 9.18 Å². The van der Waals surface area contributed by atoms with Gasteiger partial charge in [-0.3, -0.25) is 4.79 Å². The SMILES string of the molecule is O=C(COc1cccc(F)c1)NCCN1CCOc2ccccc21. The van der Waals surface area contributed by atoms with Crippen LogP contribution in [0, 0.1) is 5.82 Å². The van der Waals surface area contributed by atoms with Gasteiger partial charge in [-0.1, -0.05) is 18.2 Å². The standard InChI is InChI=1S/C18H19FN2O3/c19-14-4-3-5-15(12-14)24-13-18(22)20-8-9-21-10-11-23-17-7-2-1-6-16(17)21/h1-7,12H,8-11,13H2,(H,20,22). The molecule has 0 aliphatic carbocycles. The van der Waals surface area contributed by atoms with Crippen LogP contribution in [0.25, 0.3) is 0 Å². The number of nitrogens with zero attached hydrogens (tertiary/aromatic N) is 1. The monoisotopic (exact) mass is 330 g/mol. The molecule has 3 rings (SSSR count). The molecule has 126 valence electrons. The first-order valence-corrected chi connectivity index (χ1v) is 7.84. The Morgan fingerprint density at radius 2 is 2.12 bits per heavy atom. The van der Waals surface area contributed by atoms with Gasteiger partial charge in [0.25, 0.3) is 5.91 Å². The van der Waals surface area contributed by atoms with E-state index in [2.05, 4.69) is 10.2 Å². The number of carbonyl (C=O) groups is 1. The summed E-state index contributed by atoms with van der Waals surface area (Å²) < 4.78 is 23.9. The Bertz CT molecular complexity index is 708. The van der Waals surface area contributed by atoms with Gasteiger partial charge in [0.2, 0.25) is 0 Å². The van der Waals surface area contributed by atoms with E-state index < -0.39 is 0 Å². The van der Waals surface area contributed by atoms with Gasteiger partial charge in [0, 0.05) is 19.2 Å². The van der Waals surface area contributed by atoms with Crippen molar-refractivity contribution in [1.82, 2.24) is 5.32 Å². The summed E-state index contributed by atoms with van der Waals surface area (Å²) in [5, 5.41) is 2.81. The van der Waals surface area contributed by atoms with Crippen LogP contribution in [-0.2, 0) is 4.79 Å². The minimum absolute atomic E-state index is 0.136. The van der Waals surface area contributed by atoms with Gasteiger partial charge in [0.1, 0.15) is 23.9 Å². The molecule has 1 heterocycles. The van der Waals surface area contributed by atoms with Crippen molar-refractivity contribution < 1.29 is 18.7 Å². The number of rotatable bonds is 6. The Balaban J connectivity index is 1.43. The number of para-hydroxylation sites is 2. The number of benzene rings is 2. The average Bonchev–Trinajstić information content (AvgIpc) is 2.60. The van der Waals surface area contributed by atoms with E-state index in [1.165, 1.54) is 12.1 Å². The lowest BCUT2D eigenvalue weighted by molar-refractivity contribution is -0.123. The van der Waals surface area contributed by atoms with Crippen molar-refractivity contribution in [3.63, 3.8) is 0 Å². The third kappa shape index (κ3) is 4.16. The van der Waals surface area contributed by atoms with Crippen LogP contribution in [0.4, 0.5) is 10.1 Å². The molecule has 1 N–H and O–H groups in total. The Hall–Kier alpha value is -2.76. The first-order chi connectivity index (χ1) is 11.7. The number of nitrogens with one attached hydrogen (secondary N) is 1. The second kappa shape index (κ2) is 7.68. The largest absolute Gasteiger partial charge is 0.490 e. The molecule has 6 heteroatoms. The van der Waals surface area contributed by atoms with Crippen molar-refractivity contribution in [2.75, 3.05) is 37.7 Å².